The number of pyridine rings is 1. The lowest BCUT2D eigenvalue weighted by molar-refractivity contribution is -0.148. The number of nitriles is 1. The first-order valence-electron chi connectivity index (χ1n) is 9.82. The maximum absolute atomic E-state index is 13.5. The van der Waals surface area contributed by atoms with Crippen LogP contribution in [0, 0.1) is 17.2 Å². The Morgan fingerprint density at radius 3 is 2.45 bits per heavy atom. The highest BCUT2D eigenvalue weighted by molar-refractivity contribution is 5.87. The summed E-state index contributed by atoms with van der Waals surface area (Å²) >= 11 is 0. The number of rotatable bonds is 4. The van der Waals surface area contributed by atoms with Crippen LogP contribution >= 0.6 is 0 Å². The summed E-state index contributed by atoms with van der Waals surface area (Å²) in [6.07, 6.45) is -3.13. The predicted molar refractivity (Wildman–Crippen MR) is 107 cm³/mol. The van der Waals surface area contributed by atoms with E-state index in [9.17, 15) is 28.0 Å². The van der Waals surface area contributed by atoms with E-state index in [1.807, 2.05) is 0 Å². The monoisotopic (exact) mass is 431 g/mol. The lowest BCUT2D eigenvalue weighted by Crippen LogP contribution is -2.28. The molecule has 1 aromatic carbocycles. The molecule has 0 radical (unpaired) electrons. The Morgan fingerprint density at radius 1 is 1.26 bits per heavy atom. The van der Waals surface area contributed by atoms with E-state index >= 15 is 0 Å². The van der Waals surface area contributed by atoms with E-state index in [1.165, 1.54) is 6.07 Å². The van der Waals surface area contributed by atoms with Gasteiger partial charge in [0.1, 0.15) is 11.6 Å². The summed E-state index contributed by atoms with van der Waals surface area (Å²) in [7, 11) is 0. The molecule has 6 nitrogen and oxygen atoms in total. The SMILES string of the molecule is CCOC(=O)C1CCC(=Nn2c(-c3ccccc3)cc(C(F)(F)F)c(C#N)c2=O)CC1. The van der Waals surface area contributed by atoms with Crippen molar-refractivity contribution in [3.63, 3.8) is 0 Å². The van der Waals surface area contributed by atoms with Crippen molar-refractivity contribution in [3.05, 3.63) is 57.9 Å². The summed E-state index contributed by atoms with van der Waals surface area (Å²) < 4.78 is 46.4. The minimum atomic E-state index is -4.86. The Bertz CT molecular complexity index is 1090. The molecular formula is C22H20F3N3O3. The molecule has 1 heterocycles. The van der Waals surface area contributed by atoms with E-state index in [2.05, 4.69) is 5.10 Å². The second-order valence-corrected chi connectivity index (χ2v) is 7.10. The van der Waals surface area contributed by atoms with Crippen molar-refractivity contribution >= 4 is 11.7 Å². The van der Waals surface area contributed by atoms with Crippen LogP contribution in [0.4, 0.5) is 13.2 Å². The highest BCUT2D eigenvalue weighted by Gasteiger charge is 2.37. The first kappa shape index (κ1) is 22.3. The van der Waals surface area contributed by atoms with Crippen LogP contribution in [0.3, 0.4) is 0 Å². The van der Waals surface area contributed by atoms with Crippen molar-refractivity contribution in [2.45, 2.75) is 38.8 Å². The molecule has 2 aromatic rings. The highest BCUT2D eigenvalue weighted by Crippen LogP contribution is 2.33. The Balaban J connectivity index is 2.08. The zero-order valence-electron chi connectivity index (χ0n) is 16.8. The van der Waals surface area contributed by atoms with Gasteiger partial charge < -0.3 is 4.74 Å². The quantitative estimate of drug-likeness (QED) is 0.673. The molecule has 162 valence electrons. The molecule has 1 fully saturated rings. The number of nitrogens with zero attached hydrogens (tertiary/aromatic N) is 3. The third kappa shape index (κ3) is 4.85. The molecule has 0 bridgehead atoms. The maximum atomic E-state index is 13.5. The van der Waals surface area contributed by atoms with Gasteiger partial charge in [-0.1, -0.05) is 30.3 Å². The van der Waals surface area contributed by atoms with Crippen molar-refractivity contribution in [2.24, 2.45) is 11.0 Å². The fourth-order valence-electron chi connectivity index (χ4n) is 3.53. The molecule has 0 aliphatic heterocycles. The van der Waals surface area contributed by atoms with Gasteiger partial charge in [-0.15, -0.1) is 0 Å². The van der Waals surface area contributed by atoms with Gasteiger partial charge in [-0.25, -0.2) is 0 Å². The molecular weight excluding hydrogens is 411 g/mol. The van der Waals surface area contributed by atoms with Gasteiger partial charge in [-0.3, -0.25) is 9.59 Å². The van der Waals surface area contributed by atoms with Crippen molar-refractivity contribution in [3.8, 4) is 17.3 Å². The molecule has 0 unspecified atom stereocenters. The molecule has 1 aliphatic carbocycles. The number of benzene rings is 1. The van der Waals surface area contributed by atoms with E-state index < -0.39 is 22.9 Å². The lowest BCUT2D eigenvalue weighted by Gasteiger charge is -2.22. The van der Waals surface area contributed by atoms with Crippen molar-refractivity contribution in [2.75, 3.05) is 6.61 Å². The van der Waals surface area contributed by atoms with E-state index in [-0.39, 0.29) is 24.2 Å². The molecule has 0 atom stereocenters. The Kier molecular flexibility index (Phi) is 6.59. The molecule has 0 saturated heterocycles. The molecule has 1 aliphatic rings. The molecule has 9 heteroatoms. The number of aromatic nitrogens is 1. The summed E-state index contributed by atoms with van der Waals surface area (Å²) in [6.45, 7) is 2.01. The number of alkyl halides is 3. The van der Waals surface area contributed by atoms with Crippen LogP contribution in [0.25, 0.3) is 11.3 Å². The van der Waals surface area contributed by atoms with Gasteiger partial charge in [0.05, 0.1) is 23.8 Å². The maximum Gasteiger partial charge on any atom is 0.417 e. The molecule has 3 rings (SSSR count). The number of halogens is 3. The van der Waals surface area contributed by atoms with Gasteiger partial charge in [-0.05, 0) is 38.7 Å². The number of hydrogen-bond donors (Lipinski definition) is 0. The summed E-state index contributed by atoms with van der Waals surface area (Å²) in [4.78, 5) is 24.8. The number of carbonyl (C=O) groups excluding carboxylic acids is 1. The summed E-state index contributed by atoms with van der Waals surface area (Å²) in [6, 6.07) is 10.3. The normalized spacial score (nSPS) is 16.5. The molecule has 31 heavy (non-hydrogen) atoms. The fourth-order valence-corrected chi connectivity index (χ4v) is 3.53. The second-order valence-electron chi connectivity index (χ2n) is 7.10. The second kappa shape index (κ2) is 9.16. The molecule has 0 spiro atoms. The first-order valence-corrected chi connectivity index (χ1v) is 9.82. The molecule has 0 N–H and O–H groups in total. The third-order valence-electron chi connectivity index (χ3n) is 5.10. The van der Waals surface area contributed by atoms with Crippen LogP contribution in [0.2, 0.25) is 0 Å². The first-order chi connectivity index (χ1) is 14.8. The van der Waals surface area contributed by atoms with Gasteiger partial charge in [0, 0.05) is 11.3 Å². The largest absolute Gasteiger partial charge is 0.466 e. The molecule has 1 saturated carbocycles. The number of ether oxygens (including phenoxy) is 1. The number of carbonyl (C=O) groups is 1. The Hall–Kier alpha value is -3.41. The zero-order chi connectivity index (χ0) is 22.6. The van der Waals surface area contributed by atoms with Crippen LogP contribution in [0.15, 0.2) is 46.3 Å². The summed E-state index contributed by atoms with van der Waals surface area (Å²) in [5.41, 5.74) is -2.55. The Morgan fingerprint density at radius 2 is 1.90 bits per heavy atom. The molecule has 1 aromatic heterocycles. The predicted octanol–water partition coefficient (Wildman–Crippen LogP) is 4.36. The van der Waals surface area contributed by atoms with Gasteiger partial charge in [0.25, 0.3) is 5.56 Å². The number of esters is 1. The number of hydrogen-bond acceptors (Lipinski definition) is 5. The van der Waals surface area contributed by atoms with E-state index in [0.717, 1.165) is 10.7 Å². The third-order valence-corrected chi connectivity index (χ3v) is 5.10. The van der Waals surface area contributed by atoms with E-state index in [1.54, 1.807) is 37.3 Å². The average molecular weight is 431 g/mol. The Labute approximate surface area is 176 Å². The van der Waals surface area contributed by atoms with Crippen LogP contribution < -0.4 is 5.56 Å². The summed E-state index contributed by atoms with van der Waals surface area (Å²) in [5, 5.41) is 13.6. The van der Waals surface area contributed by atoms with Gasteiger partial charge >= 0.3 is 12.1 Å². The van der Waals surface area contributed by atoms with Gasteiger partial charge in [0.2, 0.25) is 0 Å². The fraction of sp³-hybridized carbons (Fsp3) is 0.364. The smallest absolute Gasteiger partial charge is 0.417 e. The van der Waals surface area contributed by atoms with E-state index in [4.69, 9.17) is 4.74 Å². The zero-order valence-corrected chi connectivity index (χ0v) is 16.8. The van der Waals surface area contributed by atoms with Crippen molar-refractivity contribution in [1.82, 2.24) is 4.68 Å². The van der Waals surface area contributed by atoms with Crippen LogP contribution in [-0.4, -0.2) is 23.0 Å². The summed E-state index contributed by atoms with van der Waals surface area (Å²) in [5.74, 6) is -0.559. The van der Waals surface area contributed by atoms with Crippen molar-refractivity contribution in [1.29, 1.82) is 5.26 Å². The van der Waals surface area contributed by atoms with Crippen LogP contribution in [-0.2, 0) is 15.7 Å². The highest BCUT2D eigenvalue weighted by atomic mass is 19.4. The minimum Gasteiger partial charge on any atom is -0.466 e. The minimum absolute atomic E-state index is 0.0584. The van der Waals surface area contributed by atoms with Crippen molar-refractivity contribution < 1.29 is 22.7 Å². The van der Waals surface area contributed by atoms with Gasteiger partial charge in [0.15, 0.2) is 0 Å². The average Bonchev–Trinajstić information content (AvgIpc) is 2.75. The molecule has 0 amide bonds. The van der Waals surface area contributed by atoms with E-state index in [0.29, 0.717) is 37.0 Å². The van der Waals surface area contributed by atoms with Gasteiger partial charge in [-0.2, -0.15) is 28.2 Å². The standard InChI is InChI=1S/C22H20F3N3O3/c1-2-31-21(30)15-8-10-16(11-9-15)27-28-19(14-6-4-3-5-7-14)12-18(22(23,24)25)17(13-26)20(28)29/h3-7,12,15H,2,8-11H2,1H3. The van der Waals surface area contributed by atoms with Crippen LogP contribution in [0.5, 0.6) is 0 Å². The van der Waals surface area contributed by atoms with Crippen LogP contribution in [0.1, 0.15) is 43.7 Å². The lowest BCUT2D eigenvalue weighted by atomic mass is 9.88. The topological polar surface area (TPSA) is 84.4 Å².